The van der Waals surface area contributed by atoms with Gasteiger partial charge in [-0.15, -0.1) is 0 Å². The van der Waals surface area contributed by atoms with Gasteiger partial charge in [0.25, 0.3) is 5.91 Å². The maximum Gasteiger partial charge on any atom is 0.251 e. The molecule has 2 aromatic rings. The van der Waals surface area contributed by atoms with Crippen molar-refractivity contribution in [3.63, 3.8) is 0 Å². The first-order valence-electron chi connectivity index (χ1n) is 7.74. The smallest absolute Gasteiger partial charge is 0.251 e. The summed E-state index contributed by atoms with van der Waals surface area (Å²) in [4.78, 5) is 14.7. The number of carbonyl (C=O) groups is 1. The lowest BCUT2D eigenvalue weighted by atomic mass is 10.1. The summed E-state index contributed by atoms with van der Waals surface area (Å²) < 4.78 is 12.3. The number of aromatic nitrogens is 2. The van der Waals surface area contributed by atoms with Crippen molar-refractivity contribution in [2.45, 2.75) is 12.5 Å². The topological polar surface area (TPSA) is 68.6 Å². The fourth-order valence-corrected chi connectivity index (χ4v) is 3.32. The molecule has 1 aromatic heterocycles. The van der Waals surface area contributed by atoms with Gasteiger partial charge >= 0.3 is 0 Å². The maximum atomic E-state index is 12.5. The molecule has 1 saturated heterocycles. The zero-order valence-electron chi connectivity index (χ0n) is 13.2. The molecular weight excluding hydrogens is 332 g/mol. The second kappa shape index (κ2) is 5.90. The van der Waals surface area contributed by atoms with Gasteiger partial charge in [-0.25, -0.2) is 0 Å². The Morgan fingerprint density at radius 1 is 1.42 bits per heavy atom. The molecule has 0 unspecified atom stereocenters. The molecule has 4 rings (SSSR count). The van der Waals surface area contributed by atoms with Gasteiger partial charge in [0.15, 0.2) is 11.5 Å². The van der Waals surface area contributed by atoms with E-state index in [0.29, 0.717) is 22.1 Å². The fraction of sp³-hybridized carbons (Fsp3) is 0.375. The van der Waals surface area contributed by atoms with E-state index in [2.05, 4.69) is 15.3 Å². The Bertz CT molecular complexity index is 792. The van der Waals surface area contributed by atoms with Crippen molar-refractivity contribution >= 4 is 23.2 Å². The van der Waals surface area contributed by atoms with Crippen LogP contribution in [0.3, 0.4) is 0 Å². The van der Waals surface area contributed by atoms with Gasteiger partial charge in [-0.1, -0.05) is 11.6 Å². The predicted octanol–water partition coefficient (Wildman–Crippen LogP) is 1.81. The van der Waals surface area contributed by atoms with Crippen LogP contribution in [0.1, 0.15) is 16.8 Å². The van der Waals surface area contributed by atoms with Crippen LogP contribution >= 0.6 is 11.6 Å². The van der Waals surface area contributed by atoms with Gasteiger partial charge in [-0.05, 0) is 18.6 Å². The Kier molecular flexibility index (Phi) is 3.72. The van der Waals surface area contributed by atoms with Crippen molar-refractivity contribution in [1.29, 1.82) is 0 Å². The number of anilines is 1. The molecule has 1 N–H and O–H groups in total. The number of hydrogen-bond acceptors (Lipinski definition) is 5. The summed E-state index contributed by atoms with van der Waals surface area (Å²) in [6.07, 6.45) is 4.70. The van der Waals surface area contributed by atoms with E-state index in [1.54, 1.807) is 16.8 Å². The molecule has 7 nitrogen and oxygen atoms in total. The van der Waals surface area contributed by atoms with Gasteiger partial charge in [0.05, 0.1) is 16.9 Å². The van der Waals surface area contributed by atoms with Crippen LogP contribution in [-0.2, 0) is 7.05 Å². The molecular formula is C16H17ClN4O3. The third-order valence-electron chi connectivity index (χ3n) is 4.27. The number of halogens is 1. The Hall–Kier alpha value is -2.41. The third-order valence-corrected chi connectivity index (χ3v) is 4.55. The van der Waals surface area contributed by atoms with Crippen LogP contribution < -0.4 is 19.7 Å². The van der Waals surface area contributed by atoms with Crippen molar-refractivity contribution in [2.75, 3.05) is 24.8 Å². The van der Waals surface area contributed by atoms with Crippen LogP contribution in [0.15, 0.2) is 24.5 Å². The van der Waals surface area contributed by atoms with Gasteiger partial charge in [-0.2, -0.15) is 5.10 Å². The highest BCUT2D eigenvalue weighted by atomic mass is 35.5. The van der Waals surface area contributed by atoms with Gasteiger partial charge in [0.2, 0.25) is 6.79 Å². The van der Waals surface area contributed by atoms with Gasteiger partial charge in [-0.3, -0.25) is 9.48 Å². The van der Waals surface area contributed by atoms with Gasteiger partial charge in [0.1, 0.15) is 0 Å². The molecule has 0 aliphatic carbocycles. The zero-order valence-corrected chi connectivity index (χ0v) is 13.9. The molecule has 1 fully saturated rings. The molecule has 24 heavy (non-hydrogen) atoms. The number of nitrogens with zero attached hydrogens (tertiary/aromatic N) is 3. The molecule has 1 atom stereocenters. The van der Waals surface area contributed by atoms with Crippen molar-refractivity contribution in [1.82, 2.24) is 15.1 Å². The summed E-state index contributed by atoms with van der Waals surface area (Å²) in [5.74, 6) is 0.848. The van der Waals surface area contributed by atoms with Crippen LogP contribution in [0, 0.1) is 0 Å². The molecule has 126 valence electrons. The van der Waals surface area contributed by atoms with E-state index < -0.39 is 0 Å². The number of rotatable bonds is 3. The van der Waals surface area contributed by atoms with E-state index in [0.717, 1.165) is 25.2 Å². The van der Waals surface area contributed by atoms with E-state index in [1.165, 1.54) is 0 Å². The van der Waals surface area contributed by atoms with Crippen molar-refractivity contribution in [3.05, 3.63) is 35.1 Å². The molecule has 1 amide bonds. The van der Waals surface area contributed by atoms with Crippen LogP contribution in [0.5, 0.6) is 11.5 Å². The lowest BCUT2D eigenvalue weighted by Crippen LogP contribution is -2.37. The number of benzene rings is 1. The number of fused-ring (bicyclic) bond motifs is 1. The first kappa shape index (κ1) is 15.1. The van der Waals surface area contributed by atoms with Crippen molar-refractivity contribution in [2.24, 2.45) is 7.05 Å². The molecule has 3 heterocycles. The quantitative estimate of drug-likeness (QED) is 0.916. The average molecular weight is 349 g/mol. The second-order valence-corrected chi connectivity index (χ2v) is 6.38. The minimum atomic E-state index is -0.159. The Labute approximate surface area is 144 Å². The number of carbonyl (C=O) groups excluding carboxylic acids is 1. The number of amides is 1. The predicted molar refractivity (Wildman–Crippen MR) is 88.9 cm³/mol. The molecule has 2 aliphatic heterocycles. The lowest BCUT2D eigenvalue weighted by Gasteiger charge is -2.17. The maximum absolute atomic E-state index is 12.5. The lowest BCUT2D eigenvalue weighted by molar-refractivity contribution is 0.0940. The molecule has 0 saturated carbocycles. The Morgan fingerprint density at radius 3 is 3.08 bits per heavy atom. The highest BCUT2D eigenvalue weighted by Crippen LogP contribution is 2.39. The van der Waals surface area contributed by atoms with Crippen LogP contribution in [0.25, 0.3) is 0 Å². The number of aryl methyl sites for hydroxylation is 1. The van der Waals surface area contributed by atoms with Gasteiger partial charge < -0.3 is 19.7 Å². The highest BCUT2D eigenvalue weighted by molar-refractivity contribution is 6.32. The van der Waals surface area contributed by atoms with Crippen LogP contribution in [-0.4, -0.2) is 41.6 Å². The number of ether oxygens (including phenoxy) is 2. The highest BCUT2D eigenvalue weighted by Gasteiger charge is 2.26. The van der Waals surface area contributed by atoms with E-state index >= 15 is 0 Å². The second-order valence-electron chi connectivity index (χ2n) is 5.97. The zero-order chi connectivity index (χ0) is 16.7. The van der Waals surface area contributed by atoms with Gasteiger partial charge in [0, 0.05) is 37.9 Å². The Morgan fingerprint density at radius 2 is 2.29 bits per heavy atom. The molecule has 0 spiro atoms. The largest absolute Gasteiger partial charge is 0.454 e. The minimum Gasteiger partial charge on any atom is -0.454 e. The van der Waals surface area contributed by atoms with Crippen LogP contribution in [0.2, 0.25) is 5.02 Å². The summed E-state index contributed by atoms with van der Waals surface area (Å²) in [5, 5.41) is 7.63. The molecule has 2 aliphatic rings. The Balaban J connectivity index is 1.43. The summed E-state index contributed by atoms with van der Waals surface area (Å²) in [6, 6.07) is 3.36. The standard InChI is InChI=1S/C16H17ClN4O3/c1-20-8-12(6-18-20)21-3-2-11(7-21)19-16(22)10-4-13(17)15-14(5-10)23-9-24-15/h4-6,8,11H,2-3,7,9H2,1H3,(H,19,22)/t11-/m0/s1. The SMILES string of the molecule is Cn1cc(N2CC[C@H](NC(=O)c3cc(Cl)c4c(c3)OCO4)C2)cn1. The molecule has 1 aromatic carbocycles. The van der Waals surface area contributed by atoms with E-state index in [1.807, 2.05) is 19.4 Å². The van der Waals surface area contributed by atoms with Crippen LogP contribution in [0.4, 0.5) is 5.69 Å². The monoisotopic (exact) mass is 348 g/mol. The molecule has 8 heteroatoms. The first-order chi connectivity index (χ1) is 11.6. The summed E-state index contributed by atoms with van der Waals surface area (Å²) in [5.41, 5.74) is 1.55. The van der Waals surface area contributed by atoms with E-state index in [4.69, 9.17) is 21.1 Å². The summed E-state index contributed by atoms with van der Waals surface area (Å²) in [6.45, 7) is 1.77. The molecule has 0 radical (unpaired) electrons. The van der Waals surface area contributed by atoms with E-state index in [-0.39, 0.29) is 18.7 Å². The third kappa shape index (κ3) is 2.75. The minimum absolute atomic E-state index is 0.0851. The normalized spacial score (nSPS) is 18.9. The summed E-state index contributed by atoms with van der Waals surface area (Å²) in [7, 11) is 1.89. The fourth-order valence-electron chi connectivity index (χ4n) is 3.05. The number of hydrogen-bond donors (Lipinski definition) is 1. The average Bonchev–Trinajstić information content (AvgIpc) is 3.26. The van der Waals surface area contributed by atoms with Crippen molar-refractivity contribution < 1.29 is 14.3 Å². The summed E-state index contributed by atoms with van der Waals surface area (Å²) >= 11 is 6.14. The van der Waals surface area contributed by atoms with E-state index in [9.17, 15) is 4.79 Å². The number of nitrogens with one attached hydrogen (secondary N) is 1. The van der Waals surface area contributed by atoms with Crippen molar-refractivity contribution in [3.8, 4) is 11.5 Å². The molecule has 0 bridgehead atoms. The first-order valence-corrected chi connectivity index (χ1v) is 8.11.